The zero-order chi connectivity index (χ0) is 18.0. The summed E-state index contributed by atoms with van der Waals surface area (Å²) in [6.07, 6.45) is 2.81. The van der Waals surface area contributed by atoms with Crippen LogP contribution < -0.4 is 5.32 Å². The number of aromatic nitrogens is 1. The predicted octanol–water partition coefficient (Wildman–Crippen LogP) is 4.16. The third-order valence-corrected chi connectivity index (χ3v) is 5.74. The van der Waals surface area contributed by atoms with Gasteiger partial charge >= 0.3 is 0 Å². The van der Waals surface area contributed by atoms with Crippen molar-refractivity contribution in [2.24, 2.45) is 0 Å². The van der Waals surface area contributed by atoms with E-state index in [4.69, 9.17) is 11.6 Å². The van der Waals surface area contributed by atoms with Crippen LogP contribution in [0.3, 0.4) is 0 Å². The van der Waals surface area contributed by atoms with Gasteiger partial charge in [-0.1, -0.05) is 18.5 Å². The molecule has 1 aromatic heterocycles. The number of carbonyl (C=O) groups excluding carboxylic acids is 2. The second kappa shape index (κ2) is 7.54. The third-order valence-electron chi connectivity index (χ3n) is 4.20. The van der Waals surface area contributed by atoms with E-state index in [2.05, 4.69) is 10.3 Å². The van der Waals surface area contributed by atoms with Crippen LogP contribution in [0.2, 0.25) is 5.02 Å². The van der Waals surface area contributed by atoms with Crippen molar-refractivity contribution in [1.29, 1.82) is 0 Å². The molecule has 2 amide bonds. The van der Waals surface area contributed by atoms with E-state index in [0.717, 1.165) is 37.4 Å². The minimum atomic E-state index is -0.243. The van der Waals surface area contributed by atoms with Crippen LogP contribution in [-0.4, -0.2) is 34.8 Å². The van der Waals surface area contributed by atoms with Gasteiger partial charge in [0.05, 0.1) is 22.0 Å². The topological polar surface area (TPSA) is 62.3 Å². The molecule has 1 N–H and O–H groups in total. The number of anilines is 1. The summed E-state index contributed by atoms with van der Waals surface area (Å²) in [5.74, 6) is -0.335. The fourth-order valence-electron chi connectivity index (χ4n) is 2.89. The second-order valence-corrected chi connectivity index (χ2v) is 7.54. The number of nitrogens with zero attached hydrogens (tertiary/aromatic N) is 2. The van der Waals surface area contributed by atoms with Gasteiger partial charge in [0.15, 0.2) is 0 Å². The fourth-order valence-corrected chi connectivity index (χ4v) is 3.96. The van der Waals surface area contributed by atoms with Crippen LogP contribution in [0.1, 0.15) is 50.5 Å². The summed E-state index contributed by atoms with van der Waals surface area (Å²) in [4.78, 5) is 32.2. The molecule has 1 aliphatic rings. The highest BCUT2D eigenvalue weighted by Crippen LogP contribution is 2.26. The van der Waals surface area contributed by atoms with Crippen LogP contribution in [0.4, 0.5) is 5.69 Å². The van der Waals surface area contributed by atoms with Crippen LogP contribution in [0.15, 0.2) is 18.2 Å². The largest absolute Gasteiger partial charge is 0.339 e. The van der Waals surface area contributed by atoms with Gasteiger partial charge in [-0.05, 0) is 44.4 Å². The molecule has 1 fully saturated rings. The Kier molecular flexibility index (Phi) is 5.39. The first kappa shape index (κ1) is 17.9. The van der Waals surface area contributed by atoms with Gasteiger partial charge in [0.25, 0.3) is 11.8 Å². The highest BCUT2D eigenvalue weighted by molar-refractivity contribution is 7.13. The number of hydrogen-bond donors (Lipinski definition) is 1. The van der Waals surface area contributed by atoms with E-state index in [9.17, 15) is 9.59 Å². The van der Waals surface area contributed by atoms with Gasteiger partial charge in [-0.3, -0.25) is 9.59 Å². The van der Waals surface area contributed by atoms with Gasteiger partial charge in [0, 0.05) is 18.1 Å². The molecule has 0 saturated carbocycles. The summed E-state index contributed by atoms with van der Waals surface area (Å²) in [7, 11) is 0. The molecular formula is C18H20ClN3O2S. The number of halogens is 1. The number of hydrogen-bond acceptors (Lipinski definition) is 4. The molecule has 1 saturated heterocycles. The standard InChI is InChI=1S/C18H20ClN3O2S/c1-3-15-20-11(2)16(25-15)17(23)21-14-7-6-12(19)10-13(14)18(24)22-8-4-5-9-22/h6-7,10H,3-5,8-9H2,1-2H3,(H,21,23). The van der Waals surface area contributed by atoms with Crippen LogP contribution >= 0.6 is 22.9 Å². The average molecular weight is 378 g/mol. The monoisotopic (exact) mass is 377 g/mol. The Balaban J connectivity index is 1.87. The number of aryl methyl sites for hydroxylation is 2. The van der Waals surface area contributed by atoms with Crippen LogP contribution in [0, 0.1) is 6.92 Å². The van der Waals surface area contributed by atoms with E-state index in [1.54, 1.807) is 23.1 Å². The first-order valence-corrected chi connectivity index (χ1v) is 9.55. The van der Waals surface area contributed by atoms with Gasteiger partial charge in [-0.2, -0.15) is 0 Å². The van der Waals surface area contributed by atoms with E-state index in [1.165, 1.54) is 11.3 Å². The maximum absolute atomic E-state index is 12.8. The van der Waals surface area contributed by atoms with E-state index in [-0.39, 0.29) is 11.8 Å². The molecule has 1 aromatic carbocycles. The number of nitrogens with one attached hydrogen (secondary N) is 1. The summed E-state index contributed by atoms with van der Waals surface area (Å²) in [6.45, 7) is 5.31. The van der Waals surface area contributed by atoms with Crippen molar-refractivity contribution in [3.63, 3.8) is 0 Å². The summed E-state index contributed by atoms with van der Waals surface area (Å²) >= 11 is 7.46. The number of amides is 2. The Labute approximate surface area is 156 Å². The molecule has 0 unspecified atom stereocenters. The molecule has 3 rings (SSSR count). The van der Waals surface area contributed by atoms with Gasteiger partial charge < -0.3 is 10.2 Å². The Bertz CT molecular complexity index is 813. The predicted molar refractivity (Wildman–Crippen MR) is 101 cm³/mol. The highest BCUT2D eigenvalue weighted by Gasteiger charge is 2.24. The molecule has 2 aromatic rings. The van der Waals surface area contributed by atoms with Crippen molar-refractivity contribution in [3.05, 3.63) is 44.4 Å². The molecule has 1 aliphatic heterocycles. The first-order chi connectivity index (χ1) is 12.0. The molecule has 0 radical (unpaired) electrons. The lowest BCUT2D eigenvalue weighted by molar-refractivity contribution is 0.0794. The first-order valence-electron chi connectivity index (χ1n) is 8.36. The molecule has 0 aliphatic carbocycles. The zero-order valence-corrected chi connectivity index (χ0v) is 15.8. The summed E-state index contributed by atoms with van der Waals surface area (Å²) in [5, 5.41) is 4.26. The maximum atomic E-state index is 12.8. The summed E-state index contributed by atoms with van der Waals surface area (Å²) < 4.78 is 0. The number of carbonyl (C=O) groups is 2. The molecule has 0 bridgehead atoms. The molecule has 7 heteroatoms. The maximum Gasteiger partial charge on any atom is 0.267 e. The molecular weight excluding hydrogens is 358 g/mol. The Hall–Kier alpha value is -1.92. The molecule has 5 nitrogen and oxygen atoms in total. The van der Waals surface area contributed by atoms with Gasteiger partial charge in [-0.15, -0.1) is 11.3 Å². The third kappa shape index (κ3) is 3.85. The van der Waals surface area contributed by atoms with Crippen molar-refractivity contribution in [3.8, 4) is 0 Å². The SMILES string of the molecule is CCc1nc(C)c(C(=O)Nc2ccc(Cl)cc2C(=O)N2CCCC2)s1. The Morgan fingerprint density at radius 1 is 1.32 bits per heavy atom. The summed E-state index contributed by atoms with van der Waals surface area (Å²) in [6, 6.07) is 4.98. The van der Waals surface area contributed by atoms with E-state index >= 15 is 0 Å². The Morgan fingerprint density at radius 3 is 2.68 bits per heavy atom. The molecule has 25 heavy (non-hydrogen) atoms. The molecule has 132 valence electrons. The highest BCUT2D eigenvalue weighted by atomic mass is 35.5. The van der Waals surface area contributed by atoms with Gasteiger partial charge in [0.2, 0.25) is 0 Å². The molecule has 2 heterocycles. The van der Waals surface area contributed by atoms with Crippen molar-refractivity contribution in [2.75, 3.05) is 18.4 Å². The lowest BCUT2D eigenvalue weighted by atomic mass is 10.1. The smallest absolute Gasteiger partial charge is 0.267 e. The lowest BCUT2D eigenvalue weighted by Gasteiger charge is -2.18. The lowest BCUT2D eigenvalue weighted by Crippen LogP contribution is -2.28. The minimum Gasteiger partial charge on any atom is -0.339 e. The van der Waals surface area contributed by atoms with Crippen molar-refractivity contribution in [2.45, 2.75) is 33.1 Å². The van der Waals surface area contributed by atoms with Crippen LogP contribution in [0.25, 0.3) is 0 Å². The zero-order valence-electron chi connectivity index (χ0n) is 14.3. The van der Waals surface area contributed by atoms with Gasteiger partial charge in [0.1, 0.15) is 4.88 Å². The number of benzene rings is 1. The quantitative estimate of drug-likeness (QED) is 0.870. The fraction of sp³-hybridized carbons (Fsp3) is 0.389. The van der Waals surface area contributed by atoms with Crippen LogP contribution in [0.5, 0.6) is 0 Å². The number of likely N-dealkylation sites (tertiary alicyclic amines) is 1. The van der Waals surface area contributed by atoms with Gasteiger partial charge in [-0.25, -0.2) is 4.98 Å². The minimum absolute atomic E-state index is 0.0921. The molecule has 0 atom stereocenters. The van der Waals surface area contributed by atoms with E-state index in [0.29, 0.717) is 26.8 Å². The van der Waals surface area contributed by atoms with Crippen LogP contribution in [-0.2, 0) is 6.42 Å². The van der Waals surface area contributed by atoms with E-state index in [1.807, 2.05) is 13.8 Å². The van der Waals surface area contributed by atoms with E-state index < -0.39 is 0 Å². The Morgan fingerprint density at radius 2 is 2.04 bits per heavy atom. The normalized spacial score (nSPS) is 14.0. The summed E-state index contributed by atoms with van der Waals surface area (Å²) in [5.41, 5.74) is 1.62. The van der Waals surface area contributed by atoms with Crippen molar-refractivity contribution >= 4 is 40.4 Å². The second-order valence-electron chi connectivity index (χ2n) is 6.02. The number of thiazole rings is 1. The average Bonchev–Trinajstić information content (AvgIpc) is 3.25. The van der Waals surface area contributed by atoms with Crippen molar-refractivity contribution in [1.82, 2.24) is 9.88 Å². The van der Waals surface area contributed by atoms with Crippen molar-refractivity contribution < 1.29 is 9.59 Å². The molecule has 0 spiro atoms. The number of rotatable bonds is 4.